The average molecular weight is 268 g/mol. The second-order valence-corrected chi connectivity index (χ2v) is 4.30. The summed E-state index contributed by atoms with van der Waals surface area (Å²) in [7, 11) is 0. The zero-order valence-electron chi connectivity index (χ0n) is 10.8. The van der Waals surface area contributed by atoms with E-state index in [1.165, 1.54) is 12.3 Å². The highest BCUT2D eigenvalue weighted by Gasteiger charge is 2.16. The molecule has 6 nitrogen and oxygen atoms in total. The predicted molar refractivity (Wildman–Crippen MR) is 74.1 cm³/mol. The van der Waals surface area contributed by atoms with Crippen molar-refractivity contribution in [3.8, 4) is 6.07 Å². The Morgan fingerprint density at radius 3 is 2.90 bits per heavy atom. The Bertz CT molecular complexity index is 692. The molecule has 1 aromatic carbocycles. The number of hydrogen-bond acceptors (Lipinski definition) is 5. The van der Waals surface area contributed by atoms with E-state index in [4.69, 9.17) is 5.26 Å². The van der Waals surface area contributed by atoms with Crippen LogP contribution in [-0.2, 0) is 6.54 Å². The molecule has 0 fully saturated rings. The molecular formula is C14H12N4O2. The summed E-state index contributed by atoms with van der Waals surface area (Å²) >= 11 is 0. The molecule has 0 bridgehead atoms. The number of nitro groups is 1. The first-order valence-electron chi connectivity index (χ1n) is 5.94. The lowest BCUT2D eigenvalue weighted by atomic mass is 10.1. The Kier molecular flexibility index (Phi) is 3.91. The van der Waals surface area contributed by atoms with Gasteiger partial charge in [0.05, 0.1) is 10.5 Å². The highest BCUT2D eigenvalue weighted by atomic mass is 16.6. The van der Waals surface area contributed by atoms with Crippen LogP contribution in [0, 0.1) is 28.4 Å². The molecular weight excluding hydrogens is 256 g/mol. The van der Waals surface area contributed by atoms with Gasteiger partial charge in [-0.05, 0) is 12.5 Å². The topological polar surface area (TPSA) is 91.8 Å². The summed E-state index contributed by atoms with van der Waals surface area (Å²) < 4.78 is 0. The minimum atomic E-state index is -0.549. The first kappa shape index (κ1) is 13.5. The molecule has 1 heterocycles. The Morgan fingerprint density at radius 1 is 1.45 bits per heavy atom. The van der Waals surface area contributed by atoms with Gasteiger partial charge in [0.2, 0.25) is 5.82 Å². The van der Waals surface area contributed by atoms with Gasteiger partial charge in [0.25, 0.3) is 0 Å². The third-order valence-electron chi connectivity index (χ3n) is 2.74. The quantitative estimate of drug-likeness (QED) is 0.680. The van der Waals surface area contributed by atoms with Crippen molar-refractivity contribution < 1.29 is 4.92 Å². The van der Waals surface area contributed by atoms with Gasteiger partial charge in [-0.2, -0.15) is 5.26 Å². The normalized spacial score (nSPS) is 9.80. The third-order valence-corrected chi connectivity index (χ3v) is 2.74. The van der Waals surface area contributed by atoms with E-state index in [1.54, 1.807) is 0 Å². The van der Waals surface area contributed by atoms with Gasteiger partial charge in [0.15, 0.2) is 0 Å². The maximum Gasteiger partial charge on any atom is 0.312 e. The molecule has 0 amide bonds. The van der Waals surface area contributed by atoms with E-state index < -0.39 is 4.92 Å². The number of aromatic nitrogens is 1. The molecule has 0 spiro atoms. The van der Waals surface area contributed by atoms with Gasteiger partial charge in [-0.15, -0.1) is 0 Å². The minimum absolute atomic E-state index is 0.163. The number of nitrogens with zero attached hydrogens (tertiary/aromatic N) is 3. The van der Waals surface area contributed by atoms with Crippen molar-refractivity contribution in [3.63, 3.8) is 0 Å². The predicted octanol–water partition coefficient (Wildman–Crippen LogP) is 2.78. The molecule has 0 atom stereocenters. The van der Waals surface area contributed by atoms with Crippen LogP contribution in [0.4, 0.5) is 11.5 Å². The summed E-state index contributed by atoms with van der Waals surface area (Å²) in [5.74, 6) is 0.163. The molecule has 1 N–H and O–H groups in total. The standard InChI is InChI=1S/C14H12N4O2/c1-10-3-2-4-11(5-10)8-16-14-13(18(19)20)6-12(7-15)9-17-14/h2-6,9H,8H2,1H3,(H,16,17). The van der Waals surface area contributed by atoms with Gasteiger partial charge in [-0.1, -0.05) is 29.8 Å². The SMILES string of the molecule is Cc1cccc(CNc2ncc(C#N)cc2[N+](=O)[O-])c1. The molecule has 0 aliphatic heterocycles. The summed E-state index contributed by atoms with van der Waals surface area (Å²) in [4.78, 5) is 14.4. The van der Waals surface area contributed by atoms with E-state index in [1.807, 2.05) is 37.3 Å². The largest absolute Gasteiger partial charge is 0.360 e. The van der Waals surface area contributed by atoms with Crippen LogP contribution in [-0.4, -0.2) is 9.91 Å². The number of anilines is 1. The van der Waals surface area contributed by atoms with Crippen LogP contribution in [0.25, 0.3) is 0 Å². The van der Waals surface area contributed by atoms with Crippen molar-refractivity contribution in [1.82, 2.24) is 4.98 Å². The van der Waals surface area contributed by atoms with Crippen LogP contribution in [0.2, 0.25) is 0 Å². The summed E-state index contributed by atoms with van der Waals surface area (Å²) in [6.07, 6.45) is 1.31. The smallest absolute Gasteiger partial charge is 0.312 e. The van der Waals surface area contributed by atoms with Crippen molar-refractivity contribution in [3.05, 3.63) is 63.3 Å². The number of aryl methyl sites for hydroxylation is 1. The van der Waals surface area contributed by atoms with E-state index in [0.717, 1.165) is 11.1 Å². The fourth-order valence-corrected chi connectivity index (χ4v) is 1.80. The molecule has 0 unspecified atom stereocenters. The van der Waals surface area contributed by atoms with E-state index in [9.17, 15) is 10.1 Å². The number of rotatable bonds is 4. The molecule has 0 aliphatic carbocycles. The van der Waals surface area contributed by atoms with Crippen LogP contribution in [0.15, 0.2) is 36.5 Å². The van der Waals surface area contributed by atoms with E-state index in [-0.39, 0.29) is 17.1 Å². The van der Waals surface area contributed by atoms with Crippen molar-refractivity contribution in [2.75, 3.05) is 5.32 Å². The first-order valence-corrected chi connectivity index (χ1v) is 5.94. The molecule has 2 aromatic rings. The second kappa shape index (κ2) is 5.80. The molecule has 0 radical (unpaired) electrons. The average Bonchev–Trinajstić information content (AvgIpc) is 2.45. The molecule has 2 rings (SSSR count). The zero-order valence-corrected chi connectivity index (χ0v) is 10.8. The van der Waals surface area contributed by atoms with Crippen LogP contribution in [0.3, 0.4) is 0 Å². The lowest BCUT2D eigenvalue weighted by Crippen LogP contribution is -2.05. The van der Waals surface area contributed by atoms with Crippen LogP contribution in [0.5, 0.6) is 0 Å². The van der Waals surface area contributed by atoms with Gasteiger partial charge in [0, 0.05) is 18.8 Å². The molecule has 0 aliphatic rings. The van der Waals surface area contributed by atoms with Crippen LogP contribution < -0.4 is 5.32 Å². The summed E-state index contributed by atoms with van der Waals surface area (Å²) in [5.41, 5.74) is 2.09. The Balaban J connectivity index is 2.21. The minimum Gasteiger partial charge on any atom is -0.360 e. The number of nitriles is 1. The summed E-state index contributed by atoms with van der Waals surface area (Å²) in [6, 6.07) is 10.9. The Labute approximate surface area is 115 Å². The highest BCUT2D eigenvalue weighted by molar-refractivity contribution is 5.58. The molecule has 1 aromatic heterocycles. The fourth-order valence-electron chi connectivity index (χ4n) is 1.80. The van der Waals surface area contributed by atoms with E-state index in [0.29, 0.717) is 6.54 Å². The Morgan fingerprint density at radius 2 is 2.25 bits per heavy atom. The van der Waals surface area contributed by atoms with Crippen LogP contribution in [0.1, 0.15) is 16.7 Å². The van der Waals surface area contributed by atoms with E-state index in [2.05, 4.69) is 10.3 Å². The van der Waals surface area contributed by atoms with Gasteiger partial charge in [-0.3, -0.25) is 10.1 Å². The molecule has 0 saturated carbocycles. The maximum atomic E-state index is 11.0. The fraction of sp³-hybridized carbons (Fsp3) is 0.143. The van der Waals surface area contributed by atoms with Gasteiger partial charge in [-0.25, -0.2) is 4.98 Å². The van der Waals surface area contributed by atoms with Gasteiger partial charge >= 0.3 is 5.69 Å². The second-order valence-electron chi connectivity index (χ2n) is 4.30. The van der Waals surface area contributed by atoms with Gasteiger partial charge in [0.1, 0.15) is 6.07 Å². The lowest BCUT2D eigenvalue weighted by molar-refractivity contribution is -0.384. The van der Waals surface area contributed by atoms with Crippen molar-refractivity contribution >= 4 is 11.5 Å². The molecule has 100 valence electrons. The first-order chi connectivity index (χ1) is 9.60. The number of hydrogen-bond donors (Lipinski definition) is 1. The summed E-state index contributed by atoms with van der Waals surface area (Å²) in [6.45, 7) is 2.41. The van der Waals surface area contributed by atoms with Crippen molar-refractivity contribution in [2.24, 2.45) is 0 Å². The molecule has 20 heavy (non-hydrogen) atoms. The van der Waals surface area contributed by atoms with Gasteiger partial charge < -0.3 is 5.32 Å². The van der Waals surface area contributed by atoms with Crippen molar-refractivity contribution in [2.45, 2.75) is 13.5 Å². The molecule has 0 saturated heterocycles. The number of pyridine rings is 1. The maximum absolute atomic E-state index is 11.0. The number of nitrogens with one attached hydrogen (secondary N) is 1. The monoisotopic (exact) mass is 268 g/mol. The van der Waals surface area contributed by atoms with Crippen molar-refractivity contribution in [1.29, 1.82) is 5.26 Å². The zero-order chi connectivity index (χ0) is 14.5. The lowest BCUT2D eigenvalue weighted by Gasteiger charge is -2.07. The Hall–Kier alpha value is -2.94. The van der Waals surface area contributed by atoms with E-state index >= 15 is 0 Å². The van der Waals surface area contributed by atoms with Crippen LogP contribution >= 0.6 is 0 Å². The third kappa shape index (κ3) is 3.09. The summed E-state index contributed by atoms with van der Waals surface area (Å²) in [5, 5.41) is 22.6. The highest BCUT2D eigenvalue weighted by Crippen LogP contribution is 2.23. The number of benzene rings is 1. The molecule has 6 heteroatoms.